The number of para-hydroxylation sites is 1. The minimum Gasteiger partial charge on any atom is -0.493 e. The molecule has 4 heteroatoms. The van der Waals surface area contributed by atoms with E-state index >= 15 is 0 Å². The SMILES string of the molecule is CCOc1ccccc1-c1ccc(C#N)c(=O)n1C. The van der Waals surface area contributed by atoms with Crippen LogP contribution in [0.5, 0.6) is 5.75 Å². The molecule has 0 aliphatic rings. The van der Waals surface area contributed by atoms with E-state index in [9.17, 15) is 4.79 Å². The van der Waals surface area contributed by atoms with Crippen molar-refractivity contribution in [3.8, 4) is 23.1 Å². The van der Waals surface area contributed by atoms with E-state index in [0.29, 0.717) is 6.61 Å². The molecule has 0 saturated heterocycles. The zero-order valence-corrected chi connectivity index (χ0v) is 10.9. The highest BCUT2D eigenvalue weighted by Crippen LogP contribution is 2.28. The van der Waals surface area contributed by atoms with Crippen molar-refractivity contribution in [3.05, 3.63) is 52.3 Å². The first kappa shape index (κ1) is 12.9. The predicted octanol–water partition coefficient (Wildman–Crippen LogP) is 2.32. The second-order valence-electron chi connectivity index (χ2n) is 4.04. The summed E-state index contributed by atoms with van der Waals surface area (Å²) in [5.74, 6) is 0.727. The molecule has 19 heavy (non-hydrogen) atoms. The molecule has 1 aromatic carbocycles. The lowest BCUT2D eigenvalue weighted by Crippen LogP contribution is -2.20. The Morgan fingerprint density at radius 1 is 1.26 bits per heavy atom. The van der Waals surface area contributed by atoms with Crippen LogP contribution in [0.3, 0.4) is 0 Å². The first-order chi connectivity index (χ1) is 9.19. The van der Waals surface area contributed by atoms with Gasteiger partial charge in [0.05, 0.1) is 12.3 Å². The normalized spacial score (nSPS) is 9.95. The number of rotatable bonds is 3. The highest BCUT2D eigenvalue weighted by atomic mass is 16.5. The minimum atomic E-state index is -0.300. The lowest BCUT2D eigenvalue weighted by molar-refractivity contribution is 0.341. The number of nitriles is 1. The van der Waals surface area contributed by atoms with E-state index < -0.39 is 0 Å². The van der Waals surface area contributed by atoms with Crippen LogP contribution in [0.4, 0.5) is 0 Å². The average molecular weight is 254 g/mol. The Bertz CT molecular complexity index is 696. The van der Waals surface area contributed by atoms with Crippen molar-refractivity contribution in [2.24, 2.45) is 7.05 Å². The minimum absolute atomic E-state index is 0.139. The highest BCUT2D eigenvalue weighted by molar-refractivity contribution is 5.67. The standard InChI is InChI=1S/C15H14N2O2/c1-3-19-14-7-5-4-6-12(14)13-9-8-11(10-16)15(18)17(13)2/h4-9H,3H2,1-2H3. The van der Waals surface area contributed by atoms with Crippen LogP contribution in [0, 0.1) is 11.3 Å². The fourth-order valence-corrected chi connectivity index (χ4v) is 1.95. The largest absolute Gasteiger partial charge is 0.493 e. The van der Waals surface area contributed by atoms with Gasteiger partial charge < -0.3 is 9.30 Å². The molecule has 0 N–H and O–H groups in total. The summed E-state index contributed by atoms with van der Waals surface area (Å²) in [7, 11) is 1.65. The Kier molecular flexibility index (Phi) is 3.67. The first-order valence-electron chi connectivity index (χ1n) is 6.01. The van der Waals surface area contributed by atoms with Gasteiger partial charge in [-0.05, 0) is 31.2 Å². The van der Waals surface area contributed by atoms with Crippen LogP contribution in [0.15, 0.2) is 41.2 Å². The van der Waals surface area contributed by atoms with E-state index in [2.05, 4.69) is 0 Å². The third-order valence-electron chi connectivity index (χ3n) is 2.89. The van der Waals surface area contributed by atoms with E-state index in [-0.39, 0.29) is 11.1 Å². The van der Waals surface area contributed by atoms with Gasteiger partial charge >= 0.3 is 0 Å². The summed E-state index contributed by atoms with van der Waals surface area (Å²) in [5, 5.41) is 8.86. The number of pyridine rings is 1. The zero-order chi connectivity index (χ0) is 13.8. The number of nitrogens with zero attached hydrogens (tertiary/aromatic N) is 2. The summed E-state index contributed by atoms with van der Waals surface area (Å²) in [6.07, 6.45) is 0. The summed E-state index contributed by atoms with van der Waals surface area (Å²) < 4.78 is 7.03. The van der Waals surface area contributed by atoms with Gasteiger partial charge in [-0.15, -0.1) is 0 Å². The van der Waals surface area contributed by atoms with Crippen molar-refractivity contribution in [1.82, 2.24) is 4.57 Å². The van der Waals surface area contributed by atoms with Crippen molar-refractivity contribution in [2.75, 3.05) is 6.61 Å². The molecule has 0 fully saturated rings. The average Bonchev–Trinajstić information content (AvgIpc) is 2.43. The molecular weight excluding hydrogens is 240 g/mol. The van der Waals surface area contributed by atoms with Crippen LogP contribution in [-0.2, 0) is 7.05 Å². The van der Waals surface area contributed by atoms with Gasteiger partial charge in [0.1, 0.15) is 17.4 Å². The summed E-state index contributed by atoms with van der Waals surface area (Å²) in [4.78, 5) is 12.0. The van der Waals surface area contributed by atoms with Crippen LogP contribution in [0.1, 0.15) is 12.5 Å². The van der Waals surface area contributed by atoms with Gasteiger partial charge in [-0.2, -0.15) is 5.26 Å². The van der Waals surface area contributed by atoms with E-state index in [1.165, 1.54) is 4.57 Å². The van der Waals surface area contributed by atoms with Crippen molar-refractivity contribution in [3.63, 3.8) is 0 Å². The first-order valence-corrected chi connectivity index (χ1v) is 6.01. The third-order valence-corrected chi connectivity index (χ3v) is 2.89. The Labute approximate surface area is 111 Å². The summed E-state index contributed by atoms with van der Waals surface area (Å²) >= 11 is 0. The molecule has 1 heterocycles. The fraction of sp³-hybridized carbons (Fsp3) is 0.200. The summed E-state index contributed by atoms with van der Waals surface area (Å²) in [6, 6.07) is 12.7. The Balaban J connectivity index is 2.64. The molecule has 96 valence electrons. The van der Waals surface area contributed by atoms with Crippen molar-refractivity contribution < 1.29 is 4.74 Å². The maximum absolute atomic E-state index is 12.0. The molecule has 0 atom stereocenters. The van der Waals surface area contributed by atoms with E-state index in [0.717, 1.165) is 17.0 Å². The quantitative estimate of drug-likeness (QED) is 0.844. The van der Waals surface area contributed by atoms with Crippen molar-refractivity contribution in [1.29, 1.82) is 5.26 Å². The van der Waals surface area contributed by atoms with Gasteiger partial charge in [0, 0.05) is 12.6 Å². The lowest BCUT2D eigenvalue weighted by atomic mass is 10.1. The van der Waals surface area contributed by atoms with Gasteiger partial charge in [0.2, 0.25) is 0 Å². The Hall–Kier alpha value is -2.54. The number of hydrogen-bond donors (Lipinski definition) is 0. The van der Waals surface area contributed by atoms with E-state index in [1.807, 2.05) is 37.3 Å². The number of benzene rings is 1. The molecule has 0 aliphatic carbocycles. The second kappa shape index (κ2) is 5.40. The Morgan fingerprint density at radius 2 is 2.00 bits per heavy atom. The van der Waals surface area contributed by atoms with Crippen LogP contribution >= 0.6 is 0 Å². The number of hydrogen-bond acceptors (Lipinski definition) is 3. The molecule has 0 saturated carbocycles. The second-order valence-corrected chi connectivity index (χ2v) is 4.04. The van der Waals surface area contributed by atoms with Gasteiger partial charge in [-0.1, -0.05) is 12.1 Å². The topological polar surface area (TPSA) is 55.0 Å². The predicted molar refractivity (Wildman–Crippen MR) is 73.0 cm³/mol. The molecule has 4 nitrogen and oxygen atoms in total. The third kappa shape index (κ3) is 2.36. The molecule has 0 unspecified atom stereocenters. The molecule has 1 aromatic heterocycles. The smallest absolute Gasteiger partial charge is 0.268 e. The summed E-state index contributed by atoms with van der Waals surface area (Å²) in [6.45, 7) is 2.47. The number of aromatic nitrogens is 1. The van der Waals surface area contributed by atoms with E-state index in [4.69, 9.17) is 10.00 Å². The van der Waals surface area contributed by atoms with Gasteiger partial charge in [-0.3, -0.25) is 4.79 Å². The summed E-state index contributed by atoms with van der Waals surface area (Å²) in [5.41, 5.74) is 1.41. The molecule has 2 rings (SSSR count). The monoisotopic (exact) mass is 254 g/mol. The number of ether oxygens (including phenoxy) is 1. The van der Waals surface area contributed by atoms with Crippen molar-refractivity contribution in [2.45, 2.75) is 6.92 Å². The molecule has 2 aromatic rings. The van der Waals surface area contributed by atoms with Gasteiger partial charge in [0.15, 0.2) is 0 Å². The lowest BCUT2D eigenvalue weighted by Gasteiger charge is -2.13. The molecule has 0 amide bonds. The van der Waals surface area contributed by atoms with Crippen LogP contribution in [-0.4, -0.2) is 11.2 Å². The maximum Gasteiger partial charge on any atom is 0.268 e. The van der Waals surface area contributed by atoms with Gasteiger partial charge in [-0.25, -0.2) is 0 Å². The van der Waals surface area contributed by atoms with Crippen molar-refractivity contribution >= 4 is 0 Å². The molecule has 0 bridgehead atoms. The fourth-order valence-electron chi connectivity index (χ4n) is 1.95. The van der Waals surface area contributed by atoms with Crippen LogP contribution in [0.25, 0.3) is 11.3 Å². The molecule has 0 radical (unpaired) electrons. The molecular formula is C15H14N2O2. The van der Waals surface area contributed by atoms with Gasteiger partial charge in [0.25, 0.3) is 5.56 Å². The van der Waals surface area contributed by atoms with Crippen LogP contribution < -0.4 is 10.3 Å². The Morgan fingerprint density at radius 3 is 2.68 bits per heavy atom. The molecule has 0 aliphatic heterocycles. The maximum atomic E-state index is 12.0. The molecule has 0 spiro atoms. The highest BCUT2D eigenvalue weighted by Gasteiger charge is 2.11. The zero-order valence-electron chi connectivity index (χ0n) is 10.9. The van der Waals surface area contributed by atoms with Crippen LogP contribution in [0.2, 0.25) is 0 Å². The van der Waals surface area contributed by atoms with E-state index in [1.54, 1.807) is 19.2 Å².